The van der Waals surface area contributed by atoms with Crippen molar-refractivity contribution < 1.29 is 19.2 Å². The number of nitrogens with one attached hydrogen (secondary N) is 1. The lowest BCUT2D eigenvalue weighted by atomic mass is 10.1. The van der Waals surface area contributed by atoms with Gasteiger partial charge < -0.3 is 14.9 Å². The largest absolute Gasteiger partial charge is 0.476 e. The Morgan fingerprint density at radius 1 is 1.18 bits per heavy atom. The molecule has 0 fully saturated rings. The number of carboxylic acids is 1. The summed E-state index contributed by atoms with van der Waals surface area (Å²) in [5.41, 5.74) is 2.88. The molecule has 1 amide bonds. The highest BCUT2D eigenvalue weighted by Gasteiger charge is 2.22. The molecule has 2 aromatic heterocycles. The van der Waals surface area contributed by atoms with Crippen LogP contribution in [-0.4, -0.2) is 31.9 Å². The molecule has 0 spiro atoms. The van der Waals surface area contributed by atoms with Gasteiger partial charge >= 0.3 is 5.97 Å². The SMILES string of the molecule is O=C(O)c1ccn(-c2cccc(CNC(=O)c3noc4c3CCCCC4)c2)n1. The molecule has 8 nitrogen and oxygen atoms in total. The zero-order chi connectivity index (χ0) is 19.5. The molecule has 0 bridgehead atoms. The van der Waals surface area contributed by atoms with Crippen LogP contribution in [0.1, 0.15) is 57.1 Å². The highest BCUT2D eigenvalue weighted by atomic mass is 16.5. The van der Waals surface area contributed by atoms with E-state index in [1.54, 1.807) is 6.20 Å². The number of carboxylic acid groups (broad SMARTS) is 1. The molecule has 0 saturated heterocycles. The van der Waals surface area contributed by atoms with Crippen LogP contribution in [0.25, 0.3) is 5.69 Å². The van der Waals surface area contributed by atoms with Crippen LogP contribution < -0.4 is 5.32 Å². The summed E-state index contributed by atoms with van der Waals surface area (Å²) < 4.78 is 6.86. The quantitative estimate of drug-likeness (QED) is 0.659. The van der Waals surface area contributed by atoms with Gasteiger partial charge in [-0.2, -0.15) is 5.10 Å². The Morgan fingerprint density at radius 2 is 2.04 bits per heavy atom. The fourth-order valence-electron chi connectivity index (χ4n) is 3.40. The van der Waals surface area contributed by atoms with Crippen molar-refractivity contribution in [3.63, 3.8) is 0 Å². The molecule has 1 aliphatic rings. The van der Waals surface area contributed by atoms with Gasteiger partial charge in [-0.25, -0.2) is 9.48 Å². The van der Waals surface area contributed by atoms with E-state index in [0.29, 0.717) is 12.2 Å². The maximum Gasteiger partial charge on any atom is 0.356 e. The van der Waals surface area contributed by atoms with Gasteiger partial charge in [0, 0.05) is 24.7 Å². The summed E-state index contributed by atoms with van der Waals surface area (Å²) in [6.45, 7) is 0.321. The molecule has 144 valence electrons. The molecule has 2 heterocycles. The van der Waals surface area contributed by atoms with Crippen molar-refractivity contribution in [3.8, 4) is 5.69 Å². The molecule has 0 radical (unpaired) electrons. The van der Waals surface area contributed by atoms with E-state index in [9.17, 15) is 9.59 Å². The zero-order valence-electron chi connectivity index (χ0n) is 15.2. The third kappa shape index (κ3) is 3.66. The first-order valence-corrected chi connectivity index (χ1v) is 9.26. The van der Waals surface area contributed by atoms with E-state index in [2.05, 4.69) is 15.6 Å². The van der Waals surface area contributed by atoms with Gasteiger partial charge in [0.25, 0.3) is 5.91 Å². The molecule has 28 heavy (non-hydrogen) atoms. The first kappa shape index (κ1) is 18.0. The standard InChI is InChI=1S/C20H20N4O4/c25-19(18-15-7-2-1-3-8-17(15)28-23-18)21-12-13-5-4-6-14(11-13)24-10-9-16(22-24)20(26)27/h4-6,9-11H,1-3,7-8,12H2,(H,21,25)(H,26,27). The average molecular weight is 380 g/mol. The molecule has 4 rings (SSSR count). The fourth-order valence-corrected chi connectivity index (χ4v) is 3.40. The van der Waals surface area contributed by atoms with Crippen LogP contribution >= 0.6 is 0 Å². The summed E-state index contributed by atoms with van der Waals surface area (Å²) in [7, 11) is 0. The number of aromatic nitrogens is 3. The third-order valence-corrected chi connectivity index (χ3v) is 4.85. The summed E-state index contributed by atoms with van der Waals surface area (Å²) in [5, 5.41) is 19.9. The Morgan fingerprint density at radius 3 is 2.86 bits per heavy atom. The minimum atomic E-state index is -1.08. The van der Waals surface area contributed by atoms with E-state index in [-0.39, 0.29) is 11.6 Å². The molecule has 2 N–H and O–H groups in total. The van der Waals surface area contributed by atoms with Crippen molar-refractivity contribution in [1.82, 2.24) is 20.3 Å². The second-order valence-corrected chi connectivity index (χ2v) is 6.80. The van der Waals surface area contributed by atoms with Gasteiger partial charge in [0.05, 0.1) is 5.69 Å². The molecule has 1 aromatic carbocycles. The first-order valence-electron chi connectivity index (χ1n) is 9.26. The van der Waals surface area contributed by atoms with Crippen LogP contribution in [0.5, 0.6) is 0 Å². The van der Waals surface area contributed by atoms with E-state index in [1.807, 2.05) is 24.3 Å². The summed E-state index contributed by atoms with van der Waals surface area (Å²) in [5.74, 6) is -0.490. The third-order valence-electron chi connectivity index (χ3n) is 4.85. The van der Waals surface area contributed by atoms with Gasteiger partial charge in [0.2, 0.25) is 0 Å². The van der Waals surface area contributed by atoms with Crippen LogP contribution in [0.4, 0.5) is 0 Å². The first-order chi connectivity index (χ1) is 13.6. The molecule has 0 atom stereocenters. The fraction of sp³-hybridized carbons (Fsp3) is 0.300. The second kappa shape index (κ2) is 7.67. The van der Waals surface area contributed by atoms with Gasteiger partial charge in [-0.1, -0.05) is 23.7 Å². The Hall–Kier alpha value is -3.42. The van der Waals surface area contributed by atoms with E-state index in [1.165, 1.54) is 10.7 Å². The number of aryl methyl sites for hydroxylation is 1. The predicted molar refractivity (Wildman–Crippen MR) is 99.5 cm³/mol. The lowest BCUT2D eigenvalue weighted by Crippen LogP contribution is -2.24. The highest BCUT2D eigenvalue weighted by molar-refractivity contribution is 5.93. The van der Waals surface area contributed by atoms with E-state index in [4.69, 9.17) is 9.63 Å². The maximum atomic E-state index is 12.6. The van der Waals surface area contributed by atoms with E-state index >= 15 is 0 Å². The monoisotopic (exact) mass is 380 g/mol. The lowest BCUT2D eigenvalue weighted by Gasteiger charge is -2.07. The lowest BCUT2D eigenvalue weighted by molar-refractivity contribution is 0.0689. The number of aromatic carboxylic acids is 1. The number of carbonyl (C=O) groups excluding carboxylic acids is 1. The number of nitrogens with zero attached hydrogens (tertiary/aromatic N) is 3. The number of hydrogen-bond donors (Lipinski definition) is 2. The summed E-state index contributed by atoms with van der Waals surface area (Å²) in [6.07, 6.45) is 6.48. The van der Waals surface area contributed by atoms with Gasteiger partial charge in [0.15, 0.2) is 11.4 Å². The van der Waals surface area contributed by atoms with Crippen LogP contribution in [0, 0.1) is 0 Å². The Labute approximate surface area is 161 Å². The molecule has 1 aliphatic carbocycles. The van der Waals surface area contributed by atoms with Crippen LogP contribution in [0.2, 0.25) is 0 Å². The van der Waals surface area contributed by atoms with Crippen molar-refractivity contribution >= 4 is 11.9 Å². The smallest absolute Gasteiger partial charge is 0.356 e. The molecular weight excluding hydrogens is 360 g/mol. The van der Waals surface area contributed by atoms with E-state index < -0.39 is 5.97 Å². The minimum Gasteiger partial charge on any atom is -0.476 e. The average Bonchev–Trinajstić information content (AvgIpc) is 3.29. The molecule has 0 aliphatic heterocycles. The molecule has 0 saturated carbocycles. The van der Waals surface area contributed by atoms with Gasteiger partial charge in [-0.05, 0) is 43.0 Å². The van der Waals surface area contributed by atoms with Gasteiger partial charge in [-0.15, -0.1) is 0 Å². The van der Waals surface area contributed by atoms with Crippen molar-refractivity contribution in [1.29, 1.82) is 0 Å². The van der Waals surface area contributed by atoms with Crippen molar-refractivity contribution in [2.24, 2.45) is 0 Å². The highest BCUT2D eigenvalue weighted by Crippen LogP contribution is 2.23. The summed E-state index contributed by atoms with van der Waals surface area (Å²) in [6, 6.07) is 8.83. The minimum absolute atomic E-state index is 0.0227. The second-order valence-electron chi connectivity index (χ2n) is 6.80. The van der Waals surface area contributed by atoms with Gasteiger partial charge in [-0.3, -0.25) is 4.79 Å². The normalized spacial score (nSPS) is 13.6. The Bertz CT molecular complexity index is 1020. The number of fused-ring (bicyclic) bond motifs is 1. The predicted octanol–water partition coefficient (Wildman–Crippen LogP) is 2.76. The van der Waals surface area contributed by atoms with Gasteiger partial charge in [0.1, 0.15) is 5.76 Å². The maximum absolute atomic E-state index is 12.6. The van der Waals surface area contributed by atoms with Crippen molar-refractivity contribution in [2.45, 2.75) is 38.6 Å². The number of hydrogen-bond acceptors (Lipinski definition) is 5. The Balaban J connectivity index is 1.46. The molecular formula is C20H20N4O4. The van der Waals surface area contributed by atoms with Crippen molar-refractivity contribution in [3.05, 3.63) is 64.8 Å². The number of rotatable bonds is 5. The molecule has 0 unspecified atom stereocenters. The van der Waals surface area contributed by atoms with Crippen LogP contribution in [0.15, 0.2) is 41.1 Å². The van der Waals surface area contributed by atoms with Crippen LogP contribution in [-0.2, 0) is 19.4 Å². The molecule has 8 heteroatoms. The Kier molecular flexibility index (Phi) is 4.92. The number of amides is 1. The topological polar surface area (TPSA) is 110 Å². The summed E-state index contributed by atoms with van der Waals surface area (Å²) in [4.78, 5) is 23.6. The summed E-state index contributed by atoms with van der Waals surface area (Å²) >= 11 is 0. The van der Waals surface area contributed by atoms with Crippen LogP contribution in [0.3, 0.4) is 0 Å². The van der Waals surface area contributed by atoms with Crippen molar-refractivity contribution in [2.75, 3.05) is 0 Å². The zero-order valence-corrected chi connectivity index (χ0v) is 15.2. The number of carbonyl (C=O) groups is 2. The molecule has 3 aromatic rings. The van der Waals surface area contributed by atoms with E-state index in [0.717, 1.165) is 54.7 Å². The number of benzene rings is 1.